The molecule has 2 heterocycles. The number of rotatable bonds is 8. The third-order valence-corrected chi connectivity index (χ3v) is 6.64. The van der Waals surface area contributed by atoms with Crippen LogP contribution in [0.1, 0.15) is 63.6 Å². The fraction of sp³-hybridized carbons (Fsp3) is 0.600. The van der Waals surface area contributed by atoms with Gasteiger partial charge in [-0.1, -0.05) is 20.3 Å². The lowest BCUT2D eigenvalue weighted by Gasteiger charge is -2.33. The smallest absolute Gasteiger partial charge is 0.339 e. The molecule has 0 aliphatic carbocycles. The van der Waals surface area contributed by atoms with Gasteiger partial charge in [0.05, 0.1) is 25.1 Å². The van der Waals surface area contributed by atoms with E-state index in [2.05, 4.69) is 5.32 Å². The highest BCUT2D eigenvalue weighted by molar-refractivity contribution is 5.92. The number of fused-ring (bicyclic) bond motifs is 3. The van der Waals surface area contributed by atoms with Crippen LogP contribution in [-0.4, -0.2) is 36.4 Å². The molecular formula is C25H35NO6. The number of aliphatic hydroxyl groups is 1. The Kier molecular flexibility index (Phi) is 7.18. The van der Waals surface area contributed by atoms with E-state index in [1.54, 1.807) is 7.11 Å². The number of ether oxygens (including phenoxy) is 2. The summed E-state index contributed by atoms with van der Waals surface area (Å²) >= 11 is 0. The second-order valence-electron chi connectivity index (χ2n) is 9.36. The Morgan fingerprint density at radius 3 is 2.72 bits per heavy atom. The molecule has 0 saturated heterocycles. The van der Waals surface area contributed by atoms with E-state index in [0.29, 0.717) is 22.6 Å². The van der Waals surface area contributed by atoms with Gasteiger partial charge in [-0.15, -0.1) is 0 Å². The monoisotopic (exact) mass is 445 g/mol. The SMILES string of the molecule is CC[C@@H](C)[C@H](CO)NC(=O)CCc1c(C)c2c(OC)cc3c(c2oc1=O)CCC(C)(C)O3. The molecule has 0 unspecified atom stereocenters. The minimum absolute atomic E-state index is 0.112. The summed E-state index contributed by atoms with van der Waals surface area (Å²) in [7, 11) is 1.58. The van der Waals surface area contributed by atoms with Crippen molar-refractivity contribution < 1.29 is 23.8 Å². The summed E-state index contributed by atoms with van der Waals surface area (Å²) in [5.41, 5.74) is 1.87. The number of aryl methyl sites for hydroxylation is 2. The maximum absolute atomic E-state index is 12.9. The van der Waals surface area contributed by atoms with Crippen molar-refractivity contribution in [2.75, 3.05) is 13.7 Å². The van der Waals surface area contributed by atoms with Gasteiger partial charge in [0.2, 0.25) is 5.91 Å². The van der Waals surface area contributed by atoms with Crippen LogP contribution in [0.15, 0.2) is 15.3 Å². The third-order valence-electron chi connectivity index (χ3n) is 6.64. The van der Waals surface area contributed by atoms with Crippen LogP contribution in [0.2, 0.25) is 0 Å². The Hall–Kier alpha value is -2.54. The maximum atomic E-state index is 12.9. The topological polar surface area (TPSA) is 98.0 Å². The van der Waals surface area contributed by atoms with Crippen molar-refractivity contribution in [1.82, 2.24) is 5.32 Å². The van der Waals surface area contributed by atoms with Crippen molar-refractivity contribution in [1.29, 1.82) is 0 Å². The average Bonchev–Trinajstić information content (AvgIpc) is 2.74. The van der Waals surface area contributed by atoms with Gasteiger partial charge < -0.3 is 24.3 Å². The summed E-state index contributed by atoms with van der Waals surface area (Å²) in [5, 5.41) is 13.2. The number of amides is 1. The fourth-order valence-corrected chi connectivity index (χ4v) is 4.30. The Morgan fingerprint density at radius 2 is 2.09 bits per heavy atom. The molecule has 1 aromatic heterocycles. The predicted molar refractivity (Wildman–Crippen MR) is 124 cm³/mol. The average molecular weight is 446 g/mol. The summed E-state index contributed by atoms with van der Waals surface area (Å²) in [6.07, 6.45) is 2.79. The molecule has 1 aliphatic heterocycles. The molecule has 176 valence electrons. The molecule has 7 nitrogen and oxygen atoms in total. The van der Waals surface area contributed by atoms with E-state index in [4.69, 9.17) is 13.9 Å². The zero-order valence-electron chi connectivity index (χ0n) is 20.0. The van der Waals surface area contributed by atoms with E-state index in [1.807, 2.05) is 40.7 Å². The number of hydrogen-bond donors (Lipinski definition) is 2. The largest absolute Gasteiger partial charge is 0.496 e. The van der Waals surface area contributed by atoms with Crippen molar-refractivity contribution >= 4 is 16.9 Å². The van der Waals surface area contributed by atoms with E-state index < -0.39 is 5.63 Å². The normalized spacial score (nSPS) is 16.7. The van der Waals surface area contributed by atoms with Gasteiger partial charge in [0.1, 0.15) is 22.7 Å². The molecule has 2 aromatic rings. The van der Waals surface area contributed by atoms with Gasteiger partial charge in [-0.25, -0.2) is 4.79 Å². The minimum atomic E-state index is -0.441. The molecule has 0 fully saturated rings. The highest BCUT2D eigenvalue weighted by Gasteiger charge is 2.31. The van der Waals surface area contributed by atoms with Crippen LogP contribution in [-0.2, 0) is 17.6 Å². The standard InChI is InChI=1S/C25H35NO6/c1-7-14(2)18(13-27)26-21(28)9-8-16-15(3)22-20(30-6)12-19-17(23(22)31-24(16)29)10-11-25(4,5)32-19/h12,14,18,27H,7-11,13H2,1-6H3,(H,26,28)/t14-,18+/m1/s1. The van der Waals surface area contributed by atoms with E-state index in [0.717, 1.165) is 35.8 Å². The molecule has 0 bridgehead atoms. The number of methoxy groups -OCH3 is 1. The van der Waals surface area contributed by atoms with Gasteiger partial charge in [-0.05, 0) is 51.5 Å². The van der Waals surface area contributed by atoms with Crippen LogP contribution < -0.4 is 20.4 Å². The summed E-state index contributed by atoms with van der Waals surface area (Å²) in [4.78, 5) is 25.4. The first-order valence-electron chi connectivity index (χ1n) is 11.4. The molecule has 2 atom stereocenters. The van der Waals surface area contributed by atoms with Gasteiger partial charge in [0, 0.05) is 23.6 Å². The molecule has 3 rings (SSSR count). The van der Waals surface area contributed by atoms with E-state index in [-0.39, 0.29) is 42.9 Å². The fourth-order valence-electron chi connectivity index (χ4n) is 4.30. The van der Waals surface area contributed by atoms with Crippen LogP contribution in [0.4, 0.5) is 0 Å². The molecule has 1 aliphatic rings. The second-order valence-corrected chi connectivity index (χ2v) is 9.36. The number of benzene rings is 1. The van der Waals surface area contributed by atoms with E-state index >= 15 is 0 Å². The lowest BCUT2D eigenvalue weighted by atomic mass is 9.91. The summed E-state index contributed by atoms with van der Waals surface area (Å²) in [6.45, 7) is 9.82. The first kappa shape index (κ1) is 24.1. The quantitative estimate of drug-likeness (QED) is 0.602. The molecule has 2 N–H and O–H groups in total. The number of carbonyl (C=O) groups excluding carboxylic acids is 1. The number of nitrogens with one attached hydrogen (secondary N) is 1. The van der Waals surface area contributed by atoms with Gasteiger partial charge in [-0.3, -0.25) is 4.79 Å². The van der Waals surface area contributed by atoms with E-state index in [1.165, 1.54) is 0 Å². The van der Waals surface area contributed by atoms with E-state index in [9.17, 15) is 14.7 Å². The van der Waals surface area contributed by atoms with Crippen LogP contribution in [0.25, 0.3) is 11.0 Å². The van der Waals surface area contributed by atoms with Gasteiger partial charge in [-0.2, -0.15) is 0 Å². The highest BCUT2D eigenvalue weighted by Crippen LogP contribution is 2.43. The van der Waals surface area contributed by atoms with Crippen LogP contribution >= 0.6 is 0 Å². The first-order valence-corrected chi connectivity index (χ1v) is 11.4. The minimum Gasteiger partial charge on any atom is -0.496 e. The Morgan fingerprint density at radius 1 is 1.38 bits per heavy atom. The van der Waals surface area contributed by atoms with Crippen molar-refractivity contribution in [3.8, 4) is 11.5 Å². The van der Waals surface area contributed by atoms with Crippen LogP contribution in [0.3, 0.4) is 0 Å². The lowest BCUT2D eigenvalue weighted by molar-refractivity contribution is -0.122. The Bertz CT molecular complexity index is 1050. The molecule has 1 amide bonds. The first-order chi connectivity index (χ1) is 15.1. The van der Waals surface area contributed by atoms with Gasteiger partial charge in [0.15, 0.2) is 0 Å². The van der Waals surface area contributed by atoms with Gasteiger partial charge in [0.25, 0.3) is 0 Å². The molecule has 0 saturated carbocycles. The van der Waals surface area contributed by atoms with Crippen LogP contribution in [0, 0.1) is 12.8 Å². The Balaban J connectivity index is 1.93. The third kappa shape index (κ3) is 4.77. The lowest BCUT2D eigenvalue weighted by Crippen LogP contribution is -2.42. The molecule has 1 aromatic carbocycles. The molecule has 0 radical (unpaired) electrons. The van der Waals surface area contributed by atoms with Crippen LogP contribution in [0.5, 0.6) is 11.5 Å². The van der Waals surface area contributed by atoms with Crippen molar-refractivity contribution in [3.05, 3.63) is 33.2 Å². The zero-order valence-corrected chi connectivity index (χ0v) is 20.0. The van der Waals surface area contributed by atoms with Crippen molar-refractivity contribution in [2.24, 2.45) is 5.92 Å². The summed E-state index contributed by atoms with van der Waals surface area (Å²) < 4.78 is 17.5. The summed E-state index contributed by atoms with van der Waals surface area (Å²) in [6, 6.07) is 1.57. The summed E-state index contributed by atoms with van der Waals surface area (Å²) in [5.74, 6) is 1.23. The predicted octanol–water partition coefficient (Wildman–Crippen LogP) is 3.67. The zero-order chi connectivity index (χ0) is 23.6. The molecule has 32 heavy (non-hydrogen) atoms. The molecule has 0 spiro atoms. The van der Waals surface area contributed by atoms with Crippen molar-refractivity contribution in [3.63, 3.8) is 0 Å². The molecular weight excluding hydrogens is 410 g/mol. The van der Waals surface area contributed by atoms with Gasteiger partial charge >= 0.3 is 5.63 Å². The van der Waals surface area contributed by atoms with Crippen molar-refractivity contribution in [2.45, 2.75) is 78.4 Å². The Labute approximate surface area is 189 Å². The number of hydrogen-bond acceptors (Lipinski definition) is 6. The number of carbonyl (C=O) groups is 1. The maximum Gasteiger partial charge on any atom is 0.339 e. The second kappa shape index (κ2) is 9.53. The molecule has 7 heteroatoms. The highest BCUT2D eigenvalue weighted by atomic mass is 16.5. The number of aliphatic hydroxyl groups excluding tert-OH is 1.